The molecule has 1 aliphatic rings. The van der Waals surface area contributed by atoms with Crippen molar-refractivity contribution in [2.24, 2.45) is 0 Å². The van der Waals surface area contributed by atoms with Crippen molar-refractivity contribution in [1.82, 2.24) is 9.55 Å². The van der Waals surface area contributed by atoms with Crippen LogP contribution in [0.5, 0.6) is 0 Å². The standard InChI is InChI=1S/C8H10N2O2S2/c1-13-8(3-4-8)10-5-2-6(11)9-7(10)14-12/h2,5H,3-4H2,1H3,(H,9,11). The van der Waals surface area contributed by atoms with Gasteiger partial charge in [0.15, 0.2) is 0 Å². The van der Waals surface area contributed by atoms with Gasteiger partial charge < -0.3 is 4.57 Å². The zero-order valence-corrected chi connectivity index (χ0v) is 9.28. The summed E-state index contributed by atoms with van der Waals surface area (Å²) in [7, 11) is 0. The van der Waals surface area contributed by atoms with Crippen LogP contribution in [-0.2, 0) is 16.1 Å². The van der Waals surface area contributed by atoms with Gasteiger partial charge in [0.2, 0.25) is 4.77 Å². The molecule has 1 heterocycles. The number of thioether (sulfide) groups is 1. The Balaban J connectivity index is 2.66. The minimum atomic E-state index is -0.225. The number of nitrogens with zero attached hydrogens (tertiary/aromatic N) is 1. The van der Waals surface area contributed by atoms with Gasteiger partial charge in [0.05, 0.1) is 4.87 Å². The molecule has 1 aliphatic carbocycles. The maximum atomic E-state index is 11.0. The van der Waals surface area contributed by atoms with E-state index in [9.17, 15) is 9.00 Å². The lowest BCUT2D eigenvalue weighted by Crippen LogP contribution is -2.19. The molecule has 1 N–H and O–H groups in total. The monoisotopic (exact) mass is 230 g/mol. The fraction of sp³-hybridized carbons (Fsp3) is 0.500. The maximum absolute atomic E-state index is 11.0. The van der Waals surface area contributed by atoms with E-state index in [2.05, 4.69) is 4.98 Å². The molecule has 0 bridgehead atoms. The van der Waals surface area contributed by atoms with E-state index in [-0.39, 0.29) is 10.4 Å². The Bertz CT molecular complexity index is 495. The van der Waals surface area contributed by atoms with Gasteiger partial charge in [0.1, 0.15) is 11.3 Å². The lowest BCUT2D eigenvalue weighted by Gasteiger charge is -2.15. The second-order valence-corrected chi connectivity index (χ2v) is 4.94. The number of aromatic amines is 1. The van der Waals surface area contributed by atoms with Crippen molar-refractivity contribution in [3.05, 3.63) is 27.4 Å². The van der Waals surface area contributed by atoms with Crippen LogP contribution in [-0.4, -0.2) is 20.0 Å². The quantitative estimate of drug-likeness (QED) is 0.762. The number of rotatable bonds is 2. The molecule has 1 aromatic rings. The first-order valence-electron chi connectivity index (χ1n) is 4.22. The fourth-order valence-corrected chi connectivity index (χ4v) is 2.82. The molecule has 6 heteroatoms. The summed E-state index contributed by atoms with van der Waals surface area (Å²) in [5.41, 5.74) is -0.225. The van der Waals surface area contributed by atoms with Crippen LogP contribution in [0.3, 0.4) is 0 Å². The second kappa shape index (κ2) is 3.43. The Morgan fingerprint density at radius 2 is 2.29 bits per heavy atom. The van der Waals surface area contributed by atoms with Gasteiger partial charge in [0, 0.05) is 12.3 Å². The van der Waals surface area contributed by atoms with E-state index in [1.807, 2.05) is 10.8 Å². The highest BCUT2D eigenvalue weighted by Crippen LogP contribution is 2.51. The van der Waals surface area contributed by atoms with Gasteiger partial charge in [-0.1, -0.05) is 0 Å². The molecule has 1 saturated carbocycles. The molecule has 0 aliphatic heterocycles. The number of H-pyrrole nitrogens is 1. The Labute approximate surface area is 88.4 Å². The Kier molecular flexibility index (Phi) is 2.40. The zero-order chi connectivity index (χ0) is 10.2. The van der Waals surface area contributed by atoms with Crippen molar-refractivity contribution in [3.8, 4) is 0 Å². The molecule has 0 atom stereocenters. The van der Waals surface area contributed by atoms with E-state index in [0.29, 0.717) is 16.0 Å². The summed E-state index contributed by atoms with van der Waals surface area (Å²) in [6.07, 6.45) is 5.82. The Morgan fingerprint density at radius 3 is 2.79 bits per heavy atom. The third-order valence-corrected chi connectivity index (χ3v) is 4.22. The average molecular weight is 230 g/mol. The third kappa shape index (κ3) is 1.48. The molecule has 0 aromatic carbocycles. The van der Waals surface area contributed by atoms with Crippen molar-refractivity contribution >= 4 is 23.0 Å². The lowest BCUT2D eigenvalue weighted by atomic mass is 10.6. The van der Waals surface area contributed by atoms with E-state index < -0.39 is 0 Å². The topological polar surface area (TPSA) is 54.9 Å². The zero-order valence-electron chi connectivity index (χ0n) is 7.65. The van der Waals surface area contributed by atoms with Crippen LogP contribution in [0.2, 0.25) is 0 Å². The molecule has 0 saturated heterocycles. The van der Waals surface area contributed by atoms with E-state index in [1.54, 1.807) is 18.0 Å². The molecule has 0 spiro atoms. The minimum Gasteiger partial charge on any atom is -0.308 e. The van der Waals surface area contributed by atoms with Gasteiger partial charge in [-0.15, -0.1) is 11.8 Å². The highest BCUT2D eigenvalue weighted by atomic mass is 32.2. The Morgan fingerprint density at radius 1 is 1.57 bits per heavy atom. The van der Waals surface area contributed by atoms with E-state index in [0.717, 1.165) is 12.8 Å². The minimum absolute atomic E-state index is 0.0109. The lowest BCUT2D eigenvalue weighted by molar-refractivity contribution is 0.639. The highest BCUT2D eigenvalue weighted by Gasteiger charge is 2.44. The Hall–Kier alpha value is -0.750. The maximum Gasteiger partial charge on any atom is 0.251 e. The second-order valence-electron chi connectivity index (χ2n) is 3.21. The van der Waals surface area contributed by atoms with Gasteiger partial charge >= 0.3 is 0 Å². The number of aromatic nitrogens is 2. The van der Waals surface area contributed by atoms with Crippen LogP contribution in [0, 0.1) is 4.77 Å². The molecule has 0 radical (unpaired) electrons. The molecule has 2 rings (SSSR count). The predicted molar refractivity (Wildman–Crippen MR) is 57.2 cm³/mol. The fourth-order valence-electron chi connectivity index (χ4n) is 1.45. The summed E-state index contributed by atoms with van der Waals surface area (Å²) in [6, 6.07) is 1.45. The molecular weight excluding hydrogens is 220 g/mol. The van der Waals surface area contributed by atoms with Gasteiger partial charge in [-0.3, -0.25) is 9.78 Å². The first kappa shape index (κ1) is 9.79. The smallest absolute Gasteiger partial charge is 0.251 e. The van der Waals surface area contributed by atoms with E-state index >= 15 is 0 Å². The van der Waals surface area contributed by atoms with Crippen LogP contribution < -0.4 is 5.56 Å². The van der Waals surface area contributed by atoms with Crippen LogP contribution in [0.4, 0.5) is 0 Å². The largest absolute Gasteiger partial charge is 0.308 e. The van der Waals surface area contributed by atoms with Gasteiger partial charge in [0.25, 0.3) is 5.56 Å². The summed E-state index contributed by atoms with van der Waals surface area (Å²) in [5, 5.41) is 0. The average Bonchev–Trinajstić information content (AvgIpc) is 2.98. The summed E-state index contributed by atoms with van der Waals surface area (Å²) >= 11 is 2.05. The highest BCUT2D eigenvalue weighted by molar-refractivity contribution is 7.99. The predicted octanol–water partition coefficient (Wildman–Crippen LogP) is 0.731. The van der Waals surface area contributed by atoms with Crippen molar-refractivity contribution in [2.45, 2.75) is 17.7 Å². The van der Waals surface area contributed by atoms with Gasteiger partial charge in [-0.05, 0) is 19.1 Å². The van der Waals surface area contributed by atoms with Crippen molar-refractivity contribution in [1.29, 1.82) is 0 Å². The molecule has 1 aromatic heterocycles. The van der Waals surface area contributed by atoms with Gasteiger partial charge in [-0.2, -0.15) is 0 Å². The number of hydrogen-bond donors (Lipinski definition) is 1. The van der Waals surface area contributed by atoms with Gasteiger partial charge in [-0.25, -0.2) is 4.21 Å². The normalized spacial score (nSPS) is 17.8. The SMILES string of the molecule is CSC1(n2ccc(=O)[nH]c2=S=O)CC1. The number of hydrogen-bond acceptors (Lipinski definition) is 3. The van der Waals surface area contributed by atoms with Crippen LogP contribution in [0.1, 0.15) is 12.8 Å². The van der Waals surface area contributed by atoms with Crippen LogP contribution in [0.15, 0.2) is 17.1 Å². The molecule has 0 unspecified atom stereocenters. The summed E-state index contributed by atoms with van der Waals surface area (Å²) in [4.78, 5) is 13.6. The molecular formula is C8H10N2O2S2. The van der Waals surface area contributed by atoms with Crippen LogP contribution >= 0.6 is 11.8 Å². The van der Waals surface area contributed by atoms with Crippen molar-refractivity contribution < 1.29 is 4.21 Å². The van der Waals surface area contributed by atoms with E-state index in [1.165, 1.54) is 6.07 Å². The molecule has 1 fully saturated rings. The van der Waals surface area contributed by atoms with Crippen molar-refractivity contribution in [2.75, 3.05) is 6.26 Å². The van der Waals surface area contributed by atoms with Crippen LogP contribution in [0.25, 0.3) is 0 Å². The molecule has 14 heavy (non-hydrogen) atoms. The van der Waals surface area contributed by atoms with Crippen molar-refractivity contribution in [3.63, 3.8) is 0 Å². The molecule has 4 nitrogen and oxygen atoms in total. The first-order valence-corrected chi connectivity index (χ1v) is 6.19. The summed E-state index contributed by atoms with van der Waals surface area (Å²) in [5.74, 6) is 0. The summed E-state index contributed by atoms with van der Waals surface area (Å²) in [6.45, 7) is 0. The summed E-state index contributed by atoms with van der Waals surface area (Å²) < 4.78 is 13.1. The molecule has 0 amide bonds. The molecule has 76 valence electrons. The third-order valence-electron chi connectivity index (χ3n) is 2.40. The first-order chi connectivity index (χ1) is 6.72. The van der Waals surface area contributed by atoms with E-state index in [4.69, 9.17) is 0 Å². The number of nitrogens with one attached hydrogen (secondary N) is 1.